The number of hydrogen-bond donors (Lipinski definition) is 0. The van der Waals surface area contributed by atoms with Gasteiger partial charge in [-0.3, -0.25) is 0 Å². The van der Waals surface area contributed by atoms with Gasteiger partial charge in [0.05, 0.1) is 6.26 Å². The summed E-state index contributed by atoms with van der Waals surface area (Å²) in [5.41, 5.74) is 4.23. The van der Waals surface area contributed by atoms with Crippen LogP contribution in [0.5, 0.6) is 0 Å². The molecule has 0 radical (unpaired) electrons. The molecule has 1 heterocycles. The molecule has 0 amide bonds. The Morgan fingerprint density at radius 3 is 1.97 bits per heavy atom. The van der Waals surface area contributed by atoms with E-state index in [1.807, 2.05) is 24.5 Å². The lowest BCUT2D eigenvalue weighted by molar-refractivity contribution is 0.620. The van der Waals surface area contributed by atoms with Gasteiger partial charge in [0.2, 0.25) is 0 Å². The Morgan fingerprint density at radius 1 is 0.421 bits per heavy atom. The number of fused-ring (bicyclic) bond motifs is 7. The van der Waals surface area contributed by atoms with Crippen LogP contribution >= 0.6 is 0 Å². The Labute approximate surface area is 218 Å². The Hall–Kier alpha value is -4.95. The highest BCUT2D eigenvalue weighted by Gasteiger charge is 2.20. The zero-order chi connectivity index (χ0) is 25.2. The maximum absolute atomic E-state index is 15.2. The van der Waals surface area contributed by atoms with Crippen molar-refractivity contribution in [2.75, 3.05) is 0 Å². The molecule has 1 aromatic heterocycles. The van der Waals surface area contributed by atoms with Crippen LogP contribution in [0.25, 0.3) is 76.3 Å². The lowest BCUT2D eigenvalue weighted by Crippen LogP contribution is -1.91. The van der Waals surface area contributed by atoms with Crippen LogP contribution in [-0.4, -0.2) is 0 Å². The predicted molar refractivity (Wildman–Crippen MR) is 157 cm³/mol. The van der Waals surface area contributed by atoms with Crippen molar-refractivity contribution in [2.24, 2.45) is 0 Å². The van der Waals surface area contributed by atoms with Gasteiger partial charge in [0.25, 0.3) is 0 Å². The van der Waals surface area contributed by atoms with Crippen LogP contribution in [0.1, 0.15) is 0 Å². The summed E-state index contributed by atoms with van der Waals surface area (Å²) in [4.78, 5) is 0. The van der Waals surface area contributed by atoms with E-state index in [0.29, 0.717) is 5.56 Å². The molecule has 0 atom stereocenters. The zero-order valence-corrected chi connectivity index (χ0v) is 20.4. The van der Waals surface area contributed by atoms with E-state index in [2.05, 4.69) is 91.0 Å². The standard InChI is InChI=1S/C36H21FO/c37-34-12-6-5-11-28(34)29-15-14-25-19-23-8-1-2-9-24(23)20-32(25)35(29)33-21-38-36-30-16-13-22-7-3-4-10-26(22)27(30)17-18-31(33)36/h1-21H. The summed E-state index contributed by atoms with van der Waals surface area (Å²) in [5, 5.41) is 10.2. The molecule has 1 nitrogen and oxygen atoms in total. The van der Waals surface area contributed by atoms with Gasteiger partial charge in [0.15, 0.2) is 0 Å². The molecule has 8 aromatic rings. The summed E-state index contributed by atoms with van der Waals surface area (Å²) in [5.74, 6) is -0.237. The highest BCUT2D eigenvalue weighted by atomic mass is 19.1. The van der Waals surface area contributed by atoms with Crippen molar-refractivity contribution >= 4 is 54.1 Å². The molecule has 0 fully saturated rings. The molecule has 0 saturated carbocycles. The predicted octanol–water partition coefficient (Wildman–Crippen LogP) is 10.5. The molecule has 2 heteroatoms. The first-order valence-electron chi connectivity index (χ1n) is 12.8. The van der Waals surface area contributed by atoms with Gasteiger partial charge in [-0.05, 0) is 73.6 Å². The van der Waals surface area contributed by atoms with Crippen molar-refractivity contribution in [2.45, 2.75) is 0 Å². The number of hydrogen-bond acceptors (Lipinski definition) is 1. The highest BCUT2D eigenvalue weighted by Crippen LogP contribution is 2.45. The number of benzene rings is 7. The van der Waals surface area contributed by atoms with Gasteiger partial charge in [-0.15, -0.1) is 0 Å². The van der Waals surface area contributed by atoms with E-state index in [1.165, 1.54) is 22.2 Å². The first kappa shape index (κ1) is 21.2. The third kappa shape index (κ3) is 3.04. The fourth-order valence-corrected chi connectivity index (χ4v) is 5.98. The van der Waals surface area contributed by atoms with Crippen LogP contribution in [0.4, 0.5) is 4.39 Å². The maximum atomic E-state index is 15.2. The minimum Gasteiger partial charge on any atom is -0.463 e. The molecule has 0 N–H and O–H groups in total. The molecule has 178 valence electrons. The molecule has 0 aliphatic carbocycles. The molecule has 0 bridgehead atoms. The van der Waals surface area contributed by atoms with Crippen LogP contribution in [0.15, 0.2) is 132 Å². The van der Waals surface area contributed by atoms with Crippen LogP contribution < -0.4 is 0 Å². The topological polar surface area (TPSA) is 13.1 Å². The first-order chi connectivity index (χ1) is 18.8. The molecule has 0 saturated heterocycles. The van der Waals surface area contributed by atoms with Crippen molar-refractivity contribution in [1.29, 1.82) is 0 Å². The second-order valence-corrected chi connectivity index (χ2v) is 9.86. The van der Waals surface area contributed by atoms with Crippen molar-refractivity contribution < 1.29 is 8.81 Å². The van der Waals surface area contributed by atoms with Crippen LogP contribution in [0.2, 0.25) is 0 Å². The molecule has 0 aliphatic heterocycles. The molecule has 0 unspecified atom stereocenters. The Morgan fingerprint density at radius 2 is 1.11 bits per heavy atom. The Kier molecular flexibility index (Phi) is 4.47. The van der Waals surface area contributed by atoms with Crippen LogP contribution in [-0.2, 0) is 0 Å². The summed E-state index contributed by atoms with van der Waals surface area (Å²) >= 11 is 0. The smallest absolute Gasteiger partial charge is 0.142 e. The normalized spacial score (nSPS) is 11.8. The molecule has 0 aliphatic rings. The van der Waals surface area contributed by atoms with Crippen molar-refractivity contribution in [3.8, 4) is 22.3 Å². The lowest BCUT2D eigenvalue weighted by atomic mass is 9.88. The minimum absolute atomic E-state index is 0.237. The van der Waals surface area contributed by atoms with Crippen LogP contribution in [0.3, 0.4) is 0 Å². The van der Waals surface area contributed by atoms with Gasteiger partial charge >= 0.3 is 0 Å². The maximum Gasteiger partial charge on any atom is 0.142 e. The fourth-order valence-electron chi connectivity index (χ4n) is 5.98. The zero-order valence-electron chi connectivity index (χ0n) is 20.4. The van der Waals surface area contributed by atoms with Crippen molar-refractivity contribution in [1.82, 2.24) is 0 Å². The average molecular weight is 489 g/mol. The number of halogens is 1. The SMILES string of the molecule is Fc1ccccc1-c1ccc2cc3ccccc3cc2c1-c1coc2c1ccc1c3ccccc3ccc12. The Balaban J connectivity index is 1.50. The molecular formula is C36H21FO. The van der Waals surface area contributed by atoms with Gasteiger partial charge in [0, 0.05) is 27.5 Å². The largest absolute Gasteiger partial charge is 0.463 e. The molecule has 38 heavy (non-hydrogen) atoms. The molecular weight excluding hydrogens is 467 g/mol. The van der Waals surface area contributed by atoms with Gasteiger partial charge in [-0.25, -0.2) is 4.39 Å². The fraction of sp³-hybridized carbons (Fsp3) is 0. The highest BCUT2D eigenvalue weighted by molar-refractivity contribution is 6.20. The number of rotatable bonds is 2. The van der Waals surface area contributed by atoms with E-state index in [-0.39, 0.29) is 5.82 Å². The quantitative estimate of drug-likeness (QED) is 0.174. The van der Waals surface area contributed by atoms with E-state index >= 15 is 4.39 Å². The molecule has 0 spiro atoms. The van der Waals surface area contributed by atoms with Crippen LogP contribution in [0, 0.1) is 5.82 Å². The summed E-state index contributed by atoms with van der Waals surface area (Å²) in [6, 6.07) is 41.0. The van der Waals surface area contributed by atoms with Gasteiger partial charge in [0.1, 0.15) is 11.4 Å². The van der Waals surface area contributed by atoms with E-state index < -0.39 is 0 Å². The average Bonchev–Trinajstić information content (AvgIpc) is 3.40. The third-order valence-electron chi connectivity index (χ3n) is 7.78. The van der Waals surface area contributed by atoms with Crippen molar-refractivity contribution in [3.05, 3.63) is 133 Å². The van der Waals surface area contributed by atoms with E-state index in [4.69, 9.17) is 4.42 Å². The van der Waals surface area contributed by atoms with Gasteiger partial charge < -0.3 is 4.42 Å². The number of furan rings is 1. The first-order valence-corrected chi connectivity index (χ1v) is 12.8. The Bertz CT molecular complexity index is 2200. The van der Waals surface area contributed by atoms with E-state index in [0.717, 1.165) is 54.6 Å². The van der Waals surface area contributed by atoms with Crippen molar-refractivity contribution in [3.63, 3.8) is 0 Å². The molecule has 8 rings (SSSR count). The second kappa shape index (κ2) is 8.03. The lowest BCUT2D eigenvalue weighted by Gasteiger charge is -2.15. The third-order valence-corrected chi connectivity index (χ3v) is 7.78. The minimum atomic E-state index is -0.237. The summed E-state index contributed by atoms with van der Waals surface area (Å²) in [6.45, 7) is 0. The van der Waals surface area contributed by atoms with Gasteiger partial charge in [-0.2, -0.15) is 0 Å². The monoisotopic (exact) mass is 488 g/mol. The summed E-state index contributed by atoms with van der Waals surface area (Å²) in [6.07, 6.45) is 1.84. The second-order valence-electron chi connectivity index (χ2n) is 9.86. The molecule has 7 aromatic carbocycles. The van der Waals surface area contributed by atoms with Gasteiger partial charge in [-0.1, -0.05) is 91.0 Å². The summed E-state index contributed by atoms with van der Waals surface area (Å²) in [7, 11) is 0. The van der Waals surface area contributed by atoms with E-state index in [9.17, 15) is 0 Å². The van der Waals surface area contributed by atoms with E-state index in [1.54, 1.807) is 6.07 Å². The summed E-state index contributed by atoms with van der Waals surface area (Å²) < 4.78 is 21.5.